The topological polar surface area (TPSA) is 114 Å². The largest absolute Gasteiger partial charge is 0.322 e. The van der Waals surface area contributed by atoms with Crippen molar-refractivity contribution in [2.45, 2.75) is 45.4 Å². The van der Waals surface area contributed by atoms with E-state index >= 15 is 0 Å². The Morgan fingerprint density at radius 2 is 2.28 bits per heavy atom. The van der Waals surface area contributed by atoms with Gasteiger partial charge in [-0.15, -0.1) is 0 Å². The SMILES string of the molecule is CCCC1CC(=O)NC(n2nc(C)cc2NC(=O)c2cnccn2)N1. The van der Waals surface area contributed by atoms with Gasteiger partial charge in [-0.2, -0.15) is 5.10 Å². The molecule has 0 saturated carbocycles. The van der Waals surface area contributed by atoms with Crippen LogP contribution in [0.15, 0.2) is 24.7 Å². The zero-order chi connectivity index (χ0) is 17.8. The summed E-state index contributed by atoms with van der Waals surface area (Å²) in [5.74, 6) is 0.0474. The van der Waals surface area contributed by atoms with E-state index in [4.69, 9.17) is 0 Å². The number of aryl methyl sites for hydroxylation is 1. The molecule has 0 radical (unpaired) electrons. The van der Waals surface area contributed by atoms with E-state index in [0.29, 0.717) is 12.2 Å². The Morgan fingerprint density at radius 3 is 3.00 bits per heavy atom. The minimum Gasteiger partial charge on any atom is -0.322 e. The lowest BCUT2D eigenvalue weighted by molar-refractivity contribution is -0.125. The summed E-state index contributed by atoms with van der Waals surface area (Å²) < 4.78 is 1.57. The van der Waals surface area contributed by atoms with Crippen molar-refractivity contribution in [3.63, 3.8) is 0 Å². The highest BCUT2D eigenvalue weighted by Crippen LogP contribution is 2.19. The second-order valence-electron chi connectivity index (χ2n) is 5.99. The van der Waals surface area contributed by atoms with E-state index in [2.05, 4.69) is 37.9 Å². The lowest BCUT2D eigenvalue weighted by Gasteiger charge is -2.32. The van der Waals surface area contributed by atoms with Gasteiger partial charge in [0.05, 0.1) is 11.9 Å². The van der Waals surface area contributed by atoms with Gasteiger partial charge in [0.15, 0.2) is 6.29 Å². The van der Waals surface area contributed by atoms with Gasteiger partial charge < -0.3 is 10.6 Å². The molecule has 1 aliphatic rings. The molecule has 2 amide bonds. The van der Waals surface area contributed by atoms with E-state index in [9.17, 15) is 9.59 Å². The van der Waals surface area contributed by atoms with Crippen LogP contribution >= 0.6 is 0 Å². The van der Waals surface area contributed by atoms with Gasteiger partial charge in [0, 0.05) is 30.9 Å². The normalized spacial score (nSPS) is 20.2. The highest BCUT2D eigenvalue weighted by Gasteiger charge is 2.28. The monoisotopic (exact) mass is 343 g/mol. The van der Waals surface area contributed by atoms with Crippen molar-refractivity contribution in [2.75, 3.05) is 5.32 Å². The number of carbonyl (C=O) groups is 2. The number of hydrogen-bond acceptors (Lipinski definition) is 6. The molecular formula is C16H21N7O2. The van der Waals surface area contributed by atoms with Gasteiger partial charge in [-0.1, -0.05) is 13.3 Å². The lowest BCUT2D eigenvalue weighted by atomic mass is 10.1. The number of nitrogens with one attached hydrogen (secondary N) is 3. The van der Waals surface area contributed by atoms with Crippen LogP contribution < -0.4 is 16.0 Å². The first kappa shape index (κ1) is 17.0. The number of carbonyl (C=O) groups excluding carboxylic acids is 2. The first-order valence-corrected chi connectivity index (χ1v) is 8.25. The fraction of sp³-hybridized carbons (Fsp3) is 0.438. The molecule has 2 aromatic rings. The first-order chi connectivity index (χ1) is 12.1. The molecule has 3 heterocycles. The maximum atomic E-state index is 12.3. The molecule has 9 nitrogen and oxygen atoms in total. The minimum absolute atomic E-state index is 0.0402. The van der Waals surface area contributed by atoms with Crippen LogP contribution in [0.3, 0.4) is 0 Å². The van der Waals surface area contributed by atoms with Crippen LogP contribution in [0.5, 0.6) is 0 Å². The van der Waals surface area contributed by atoms with Crippen molar-refractivity contribution in [1.29, 1.82) is 0 Å². The van der Waals surface area contributed by atoms with Crippen LogP contribution in [0, 0.1) is 6.92 Å². The maximum Gasteiger partial charge on any atom is 0.277 e. The van der Waals surface area contributed by atoms with Gasteiger partial charge in [-0.25, -0.2) is 9.67 Å². The smallest absolute Gasteiger partial charge is 0.277 e. The summed E-state index contributed by atoms with van der Waals surface area (Å²) in [5, 5.41) is 13.4. The van der Waals surface area contributed by atoms with Crippen LogP contribution in [0.4, 0.5) is 5.82 Å². The third kappa shape index (κ3) is 4.00. The Morgan fingerprint density at radius 1 is 1.44 bits per heavy atom. The molecule has 25 heavy (non-hydrogen) atoms. The molecule has 2 aromatic heterocycles. The van der Waals surface area contributed by atoms with Crippen molar-refractivity contribution < 1.29 is 9.59 Å². The Hall–Kier alpha value is -2.81. The van der Waals surface area contributed by atoms with Crippen LogP contribution in [-0.2, 0) is 4.79 Å². The second kappa shape index (κ2) is 7.39. The van der Waals surface area contributed by atoms with Gasteiger partial charge in [-0.3, -0.25) is 19.9 Å². The predicted molar refractivity (Wildman–Crippen MR) is 90.6 cm³/mol. The number of anilines is 1. The molecule has 0 bridgehead atoms. The zero-order valence-electron chi connectivity index (χ0n) is 14.2. The Kier molecular flexibility index (Phi) is 5.03. The Labute approximate surface area is 145 Å². The predicted octanol–water partition coefficient (Wildman–Crippen LogP) is 0.968. The Bertz CT molecular complexity index is 759. The van der Waals surface area contributed by atoms with Gasteiger partial charge in [0.2, 0.25) is 5.91 Å². The van der Waals surface area contributed by atoms with Crippen LogP contribution in [0.2, 0.25) is 0 Å². The van der Waals surface area contributed by atoms with Crippen LogP contribution in [-0.4, -0.2) is 37.6 Å². The second-order valence-corrected chi connectivity index (χ2v) is 5.99. The molecule has 1 fully saturated rings. The van der Waals surface area contributed by atoms with E-state index in [1.54, 1.807) is 10.7 Å². The van der Waals surface area contributed by atoms with Crippen LogP contribution in [0.1, 0.15) is 48.7 Å². The van der Waals surface area contributed by atoms with E-state index in [1.165, 1.54) is 18.6 Å². The molecular weight excluding hydrogens is 322 g/mol. The molecule has 3 N–H and O–H groups in total. The summed E-state index contributed by atoms with van der Waals surface area (Å²) in [6.45, 7) is 3.90. The average Bonchev–Trinajstić information content (AvgIpc) is 2.96. The number of nitrogens with zero attached hydrogens (tertiary/aromatic N) is 4. The van der Waals surface area contributed by atoms with Gasteiger partial charge in [0.1, 0.15) is 11.5 Å². The van der Waals surface area contributed by atoms with Gasteiger partial charge in [-0.05, 0) is 13.3 Å². The van der Waals surface area contributed by atoms with E-state index in [0.717, 1.165) is 18.5 Å². The fourth-order valence-corrected chi connectivity index (χ4v) is 2.83. The summed E-state index contributed by atoms with van der Waals surface area (Å²) in [6.07, 6.45) is 6.14. The Balaban J connectivity index is 1.81. The first-order valence-electron chi connectivity index (χ1n) is 8.25. The number of rotatable bonds is 5. The molecule has 0 aliphatic carbocycles. The maximum absolute atomic E-state index is 12.3. The number of aromatic nitrogens is 4. The lowest BCUT2D eigenvalue weighted by Crippen LogP contribution is -2.53. The standard InChI is InChI=1S/C16H21N7O2/c1-3-4-11-8-14(24)21-16(19-11)23-13(7-10(2)22-23)20-15(25)12-9-17-5-6-18-12/h5-7,9,11,16,19H,3-4,8H2,1-2H3,(H,20,25)(H,21,24). The molecule has 2 atom stereocenters. The third-order valence-electron chi connectivity index (χ3n) is 3.90. The third-order valence-corrected chi connectivity index (χ3v) is 3.90. The van der Waals surface area contributed by atoms with Crippen LogP contribution in [0.25, 0.3) is 0 Å². The molecule has 132 valence electrons. The van der Waals surface area contributed by atoms with Gasteiger partial charge in [0.25, 0.3) is 5.91 Å². The quantitative estimate of drug-likeness (QED) is 0.745. The summed E-state index contributed by atoms with van der Waals surface area (Å²) in [6, 6.07) is 1.82. The van der Waals surface area contributed by atoms with Crippen molar-refractivity contribution in [1.82, 2.24) is 30.4 Å². The highest BCUT2D eigenvalue weighted by atomic mass is 16.2. The van der Waals surface area contributed by atoms with Gasteiger partial charge >= 0.3 is 0 Å². The molecule has 3 rings (SSSR count). The van der Waals surface area contributed by atoms with Crippen molar-refractivity contribution in [3.05, 3.63) is 36.0 Å². The molecule has 9 heteroatoms. The molecule has 1 saturated heterocycles. The molecule has 1 aliphatic heterocycles. The van der Waals surface area contributed by atoms with Crippen molar-refractivity contribution >= 4 is 17.6 Å². The summed E-state index contributed by atoms with van der Waals surface area (Å²) in [4.78, 5) is 32.2. The molecule has 0 aromatic carbocycles. The fourth-order valence-electron chi connectivity index (χ4n) is 2.83. The van der Waals surface area contributed by atoms with Crippen molar-refractivity contribution in [2.24, 2.45) is 0 Å². The average molecular weight is 343 g/mol. The highest BCUT2D eigenvalue weighted by molar-refractivity contribution is 6.02. The number of hydrogen-bond donors (Lipinski definition) is 3. The molecule has 2 unspecified atom stereocenters. The van der Waals surface area contributed by atoms with Crippen molar-refractivity contribution in [3.8, 4) is 0 Å². The minimum atomic E-state index is -0.511. The summed E-state index contributed by atoms with van der Waals surface area (Å²) in [7, 11) is 0. The van der Waals surface area contributed by atoms with E-state index in [-0.39, 0.29) is 23.6 Å². The van der Waals surface area contributed by atoms with E-state index in [1.807, 2.05) is 6.92 Å². The van der Waals surface area contributed by atoms with E-state index < -0.39 is 6.29 Å². The summed E-state index contributed by atoms with van der Waals surface area (Å²) >= 11 is 0. The summed E-state index contributed by atoms with van der Waals surface area (Å²) in [5.41, 5.74) is 0.931. The zero-order valence-corrected chi connectivity index (χ0v) is 14.2. The number of amides is 2. The molecule has 0 spiro atoms.